The normalized spacial score (nSPS) is 13.2. The first-order valence-corrected chi connectivity index (χ1v) is 12.6. The summed E-state index contributed by atoms with van der Waals surface area (Å²) in [5.41, 5.74) is 7.23. The molecule has 2 heteroatoms. The Bertz CT molecular complexity index is 1620. The molecule has 2 heterocycles. The third kappa shape index (κ3) is 3.11. The van der Waals surface area contributed by atoms with Gasteiger partial charge in [0.15, 0.2) is 6.20 Å². The third-order valence-electron chi connectivity index (χ3n) is 7.12. The van der Waals surface area contributed by atoms with E-state index in [0.717, 1.165) is 6.42 Å². The van der Waals surface area contributed by atoms with Gasteiger partial charge in [-0.05, 0) is 70.0 Å². The molecule has 1 aliphatic rings. The molecular formula is C31H30NS+. The van der Waals surface area contributed by atoms with Gasteiger partial charge in [0.1, 0.15) is 7.05 Å². The molecular weight excluding hydrogens is 418 g/mol. The van der Waals surface area contributed by atoms with Crippen molar-refractivity contribution in [3.63, 3.8) is 0 Å². The lowest BCUT2D eigenvalue weighted by molar-refractivity contribution is -0.659. The van der Waals surface area contributed by atoms with Crippen molar-refractivity contribution in [2.75, 3.05) is 0 Å². The van der Waals surface area contributed by atoms with E-state index in [9.17, 15) is 0 Å². The van der Waals surface area contributed by atoms with Crippen molar-refractivity contribution in [3.05, 3.63) is 77.5 Å². The summed E-state index contributed by atoms with van der Waals surface area (Å²) in [4.78, 5) is 2.79. The molecule has 1 nitrogen and oxygen atoms in total. The average molecular weight is 449 g/mol. The maximum Gasteiger partial charge on any atom is 0.222 e. The van der Waals surface area contributed by atoms with Crippen LogP contribution in [0.25, 0.3) is 43.6 Å². The Morgan fingerprint density at radius 1 is 0.818 bits per heavy atom. The summed E-state index contributed by atoms with van der Waals surface area (Å²) in [5, 5.41) is 8.19. The van der Waals surface area contributed by atoms with Crippen LogP contribution < -0.4 is 4.57 Å². The Hall–Kier alpha value is -2.84. The van der Waals surface area contributed by atoms with Gasteiger partial charge < -0.3 is 0 Å². The van der Waals surface area contributed by atoms with Crippen LogP contribution in [0.4, 0.5) is 0 Å². The fourth-order valence-corrected chi connectivity index (χ4v) is 7.02. The molecule has 1 aliphatic heterocycles. The highest BCUT2D eigenvalue weighted by molar-refractivity contribution is 8.00. The Balaban J connectivity index is 1.72. The number of pyridine rings is 1. The molecule has 5 aromatic rings. The van der Waals surface area contributed by atoms with Crippen LogP contribution in [0.2, 0.25) is 0 Å². The lowest BCUT2D eigenvalue weighted by Crippen LogP contribution is -2.31. The molecule has 0 atom stereocenters. The standard InChI is InChI=1S/C31H30NS/c1-18-22-9-7-8-10-23(22)19(2)30-27(18)29-28-25(13-14-32(29)6)24-12-11-20(17-31(3,4)5)15-21(24)16-26(28)33-30/h7-16H,17H2,1-6H3/q+1. The minimum atomic E-state index is 0.281. The molecule has 0 aliphatic carbocycles. The van der Waals surface area contributed by atoms with Crippen LogP contribution in [-0.2, 0) is 13.5 Å². The smallest absolute Gasteiger partial charge is 0.200 e. The van der Waals surface area contributed by atoms with Crippen molar-refractivity contribution in [2.45, 2.75) is 50.8 Å². The first-order chi connectivity index (χ1) is 15.7. The maximum atomic E-state index is 2.44. The predicted molar refractivity (Wildman–Crippen MR) is 142 cm³/mol. The van der Waals surface area contributed by atoms with E-state index in [1.54, 1.807) is 0 Å². The molecule has 0 radical (unpaired) electrons. The topological polar surface area (TPSA) is 3.88 Å². The number of nitrogens with zero attached hydrogens (tertiary/aromatic N) is 1. The van der Waals surface area contributed by atoms with Crippen molar-refractivity contribution in [1.29, 1.82) is 0 Å². The van der Waals surface area contributed by atoms with Crippen LogP contribution in [0.5, 0.6) is 0 Å². The number of benzene rings is 4. The predicted octanol–water partition coefficient (Wildman–Crippen LogP) is 8.31. The van der Waals surface area contributed by atoms with Crippen LogP contribution in [0, 0.1) is 19.3 Å². The first kappa shape index (κ1) is 20.7. The highest BCUT2D eigenvalue weighted by Gasteiger charge is 2.31. The molecule has 0 fully saturated rings. The van der Waals surface area contributed by atoms with Crippen molar-refractivity contribution in [3.8, 4) is 11.3 Å². The van der Waals surface area contributed by atoms with Gasteiger partial charge in [-0.25, -0.2) is 4.57 Å². The van der Waals surface area contributed by atoms with Gasteiger partial charge in [-0.15, -0.1) is 0 Å². The second kappa shape index (κ2) is 7.08. The minimum Gasteiger partial charge on any atom is -0.200 e. The second-order valence-corrected chi connectivity index (χ2v) is 11.9. The minimum absolute atomic E-state index is 0.281. The van der Waals surface area contributed by atoms with Crippen molar-refractivity contribution >= 4 is 44.1 Å². The third-order valence-corrected chi connectivity index (χ3v) is 8.38. The monoisotopic (exact) mass is 448 g/mol. The number of aromatic nitrogens is 1. The van der Waals surface area contributed by atoms with Crippen molar-refractivity contribution < 1.29 is 4.57 Å². The fourth-order valence-electron chi connectivity index (χ4n) is 5.69. The van der Waals surface area contributed by atoms with Gasteiger partial charge in [-0.2, -0.15) is 0 Å². The van der Waals surface area contributed by atoms with E-state index in [1.165, 1.54) is 70.1 Å². The summed E-state index contributed by atoms with van der Waals surface area (Å²) in [5.74, 6) is 0. The van der Waals surface area contributed by atoms with Crippen LogP contribution in [0.3, 0.4) is 0 Å². The molecule has 6 rings (SSSR count). The maximum absolute atomic E-state index is 2.44. The van der Waals surface area contributed by atoms with Crippen LogP contribution in [-0.4, -0.2) is 0 Å². The molecule has 33 heavy (non-hydrogen) atoms. The number of hydrogen-bond donors (Lipinski definition) is 0. The molecule has 4 aromatic carbocycles. The highest BCUT2D eigenvalue weighted by Crippen LogP contribution is 2.52. The number of fused-ring (bicyclic) bond motifs is 5. The van der Waals surface area contributed by atoms with E-state index < -0.39 is 0 Å². The van der Waals surface area contributed by atoms with Crippen LogP contribution in [0.15, 0.2) is 70.6 Å². The highest BCUT2D eigenvalue weighted by atomic mass is 32.2. The molecule has 0 unspecified atom stereocenters. The molecule has 164 valence electrons. The van der Waals surface area contributed by atoms with Crippen LogP contribution >= 0.6 is 11.8 Å². The Morgan fingerprint density at radius 3 is 2.27 bits per heavy atom. The van der Waals surface area contributed by atoms with E-state index in [-0.39, 0.29) is 5.41 Å². The van der Waals surface area contributed by atoms with Gasteiger partial charge in [0.25, 0.3) is 0 Å². The average Bonchev–Trinajstić information content (AvgIpc) is 2.77. The van der Waals surface area contributed by atoms with E-state index in [1.807, 2.05) is 11.8 Å². The van der Waals surface area contributed by atoms with Gasteiger partial charge in [0.05, 0.1) is 10.9 Å². The zero-order valence-corrected chi connectivity index (χ0v) is 21.2. The largest absolute Gasteiger partial charge is 0.222 e. The first-order valence-electron chi connectivity index (χ1n) is 11.8. The Morgan fingerprint density at radius 2 is 1.55 bits per heavy atom. The van der Waals surface area contributed by atoms with Gasteiger partial charge >= 0.3 is 0 Å². The summed E-state index contributed by atoms with van der Waals surface area (Å²) in [6.07, 6.45) is 3.33. The molecule has 0 bridgehead atoms. The van der Waals surface area contributed by atoms with Gasteiger partial charge in [-0.3, -0.25) is 0 Å². The molecule has 0 spiro atoms. The van der Waals surface area contributed by atoms with Gasteiger partial charge in [-0.1, -0.05) is 75.0 Å². The summed E-state index contributed by atoms with van der Waals surface area (Å²) in [6.45, 7) is 11.5. The summed E-state index contributed by atoms with van der Waals surface area (Å²) >= 11 is 1.96. The molecule has 1 aromatic heterocycles. The SMILES string of the molecule is Cc1c2c(c(C)c3ccccc13)-c1c3c(cc4cc(CC(C)(C)C)ccc4c3cc[n+]1C)S2. The van der Waals surface area contributed by atoms with E-state index in [4.69, 9.17) is 0 Å². The second-order valence-electron chi connectivity index (χ2n) is 10.8. The molecule has 0 saturated carbocycles. The molecule has 0 amide bonds. The Kier molecular flexibility index (Phi) is 4.45. The number of rotatable bonds is 1. The summed E-state index contributed by atoms with van der Waals surface area (Å²) in [7, 11) is 2.19. The van der Waals surface area contributed by atoms with E-state index in [2.05, 4.69) is 107 Å². The fraction of sp³-hybridized carbons (Fsp3) is 0.258. The number of aryl methyl sites for hydroxylation is 3. The molecule has 0 saturated heterocycles. The van der Waals surface area contributed by atoms with E-state index >= 15 is 0 Å². The van der Waals surface area contributed by atoms with Gasteiger partial charge in [0.2, 0.25) is 5.69 Å². The quantitative estimate of drug-likeness (QED) is 0.181. The zero-order valence-electron chi connectivity index (χ0n) is 20.3. The molecule has 0 N–H and O–H groups in total. The lowest BCUT2D eigenvalue weighted by Gasteiger charge is -2.24. The summed E-state index contributed by atoms with van der Waals surface area (Å²) in [6, 6.07) is 20.7. The summed E-state index contributed by atoms with van der Waals surface area (Å²) < 4.78 is 2.32. The van der Waals surface area contributed by atoms with E-state index in [0.29, 0.717) is 0 Å². The van der Waals surface area contributed by atoms with Crippen molar-refractivity contribution in [1.82, 2.24) is 0 Å². The van der Waals surface area contributed by atoms with Crippen molar-refractivity contribution in [2.24, 2.45) is 12.5 Å². The Labute approximate surface area is 200 Å². The van der Waals surface area contributed by atoms with Gasteiger partial charge in [0, 0.05) is 21.2 Å². The lowest BCUT2D eigenvalue weighted by atomic mass is 9.86. The zero-order chi connectivity index (χ0) is 23.1. The number of hydrogen-bond acceptors (Lipinski definition) is 1. The van der Waals surface area contributed by atoms with Crippen LogP contribution in [0.1, 0.15) is 37.5 Å².